The van der Waals surface area contributed by atoms with Crippen molar-refractivity contribution >= 4 is 0 Å². The summed E-state index contributed by atoms with van der Waals surface area (Å²) in [6, 6.07) is 4.37. The van der Waals surface area contributed by atoms with Crippen molar-refractivity contribution in [2.45, 2.75) is 51.5 Å². The van der Waals surface area contributed by atoms with Gasteiger partial charge in [0.2, 0.25) is 0 Å². The van der Waals surface area contributed by atoms with E-state index in [0.717, 1.165) is 31.3 Å². The summed E-state index contributed by atoms with van der Waals surface area (Å²) in [5.41, 5.74) is 1.49. The van der Waals surface area contributed by atoms with E-state index in [2.05, 4.69) is 4.90 Å². The van der Waals surface area contributed by atoms with Gasteiger partial charge in [0.1, 0.15) is 11.6 Å². The molecule has 2 aliphatic rings. The minimum absolute atomic E-state index is 0.0285. The van der Waals surface area contributed by atoms with E-state index >= 15 is 0 Å². The van der Waals surface area contributed by atoms with E-state index in [1.54, 1.807) is 6.07 Å². The Bertz CT molecular complexity index is 438. The van der Waals surface area contributed by atoms with Gasteiger partial charge in [-0.05, 0) is 61.9 Å². The van der Waals surface area contributed by atoms with Gasteiger partial charge < -0.3 is 5.11 Å². The first-order valence-electron chi connectivity index (χ1n) is 7.86. The van der Waals surface area contributed by atoms with Gasteiger partial charge in [-0.2, -0.15) is 0 Å². The summed E-state index contributed by atoms with van der Waals surface area (Å²) in [5.74, 6) is -0.318. The number of hydrogen-bond acceptors (Lipinski definition) is 2. The second kappa shape index (κ2) is 5.72. The van der Waals surface area contributed by atoms with Crippen LogP contribution < -0.4 is 0 Å². The lowest BCUT2D eigenvalue weighted by Gasteiger charge is -2.44. The van der Waals surface area contributed by atoms with Crippen LogP contribution in [0.2, 0.25) is 0 Å². The smallest absolute Gasteiger partial charge is 0.127 e. The van der Waals surface area contributed by atoms with E-state index in [0.29, 0.717) is 5.41 Å². The van der Waals surface area contributed by atoms with Crippen molar-refractivity contribution in [3.8, 4) is 5.75 Å². The van der Waals surface area contributed by atoms with Crippen LogP contribution >= 0.6 is 0 Å². The molecule has 2 fully saturated rings. The van der Waals surface area contributed by atoms with E-state index in [1.165, 1.54) is 51.0 Å². The number of aromatic hydroxyl groups is 1. The van der Waals surface area contributed by atoms with E-state index < -0.39 is 0 Å². The number of nitrogens with zero attached hydrogens (tertiary/aromatic N) is 1. The number of piperidine rings is 1. The van der Waals surface area contributed by atoms with Crippen LogP contribution in [0.25, 0.3) is 0 Å². The molecule has 0 bridgehead atoms. The molecule has 110 valence electrons. The molecule has 20 heavy (non-hydrogen) atoms. The summed E-state index contributed by atoms with van der Waals surface area (Å²) in [5, 5.41) is 9.46. The molecule has 0 amide bonds. The van der Waals surface area contributed by atoms with Crippen LogP contribution in [0.3, 0.4) is 0 Å². The normalized spacial score (nSPS) is 23.1. The Morgan fingerprint density at radius 1 is 1.00 bits per heavy atom. The van der Waals surface area contributed by atoms with Crippen molar-refractivity contribution < 1.29 is 9.50 Å². The Hall–Kier alpha value is -1.09. The summed E-state index contributed by atoms with van der Waals surface area (Å²) >= 11 is 0. The Balaban J connectivity index is 1.58. The zero-order valence-electron chi connectivity index (χ0n) is 12.1. The van der Waals surface area contributed by atoms with Crippen LogP contribution in [0.1, 0.15) is 50.5 Å². The molecule has 1 aromatic carbocycles. The van der Waals surface area contributed by atoms with Crippen molar-refractivity contribution in [1.29, 1.82) is 0 Å². The van der Waals surface area contributed by atoms with Crippen molar-refractivity contribution in [2.75, 3.05) is 13.1 Å². The second-order valence-corrected chi connectivity index (χ2v) is 6.65. The quantitative estimate of drug-likeness (QED) is 0.880. The molecule has 3 rings (SSSR count). The highest BCUT2D eigenvalue weighted by molar-refractivity contribution is 5.28. The maximum atomic E-state index is 13.3. The first kappa shape index (κ1) is 13.9. The number of likely N-dealkylation sites (tertiary alicyclic amines) is 1. The lowest BCUT2D eigenvalue weighted by atomic mass is 9.68. The fourth-order valence-electron chi connectivity index (χ4n) is 3.97. The average molecular weight is 277 g/mol. The minimum atomic E-state index is -0.347. The molecule has 0 radical (unpaired) electrons. The van der Waals surface area contributed by atoms with Gasteiger partial charge in [0.25, 0.3) is 0 Å². The second-order valence-electron chi connectivity index (χ2n) is 6.65. The molecule has 1 aliphatic heterocycles. The molecule has 0 unspecified atom stereocenters. The average Bonchev–Trinajstić information content (AvgIpc) is 2.42. The van der Waals surface area contributed by atoms with Crippen molar-refractivity contribution in [3.05, 3.63) is 29.6 Å². The predicted octanol–water partition coefficient (Wildman–Crippen LogP) is 4.08. The lowest BCUT2D eigenvalue weighted by Crippen LogP contribution is -2.40. The molecule has 0 aromatic heterocycles. The first-order chi connectivity index (χ1) is 9.65. The maximum Gasteiger partial charge on any atom is 0.127 e. The number of rotatable bonds is 2. The SMILES string of the molecule is Oc1cc(F)cc(CN2CCC3(CCCCC3)CC2)c1. The largest absolute Gasteiger partial charge is 0.508 e. The summed E-state index contributed by atoms with van der Waals surface area (Å²) < 4.78 is 13.3. The summed E-state index contributed by atoms with van der Waals surface area (Å²) in [7, 11) is 0. The molecule has 1 aromatic rings. The van der Waals surface area contributed by atoms with E-state index in [4.69, 9.17) is 0 Å². The Labute approximate surface area is 120 Å². The van der Waals surface area contributed by atoms with Gasteiger partial charge >= 0.3 is 0 Å². The van der Waals surface area contributed by atoms with Crippen molar-refractivity contribution in [1.82, 2.24) is 4.90 Å². The van der Waals surface area contributed by atoms with Crippen LogP contribution in [0.5, 0.6) is 5.75 Å². The fraction of sp³-hybridized carbons (Fsp3) is 0.647. The number of phenols is 1. The maximum absolute atomic E-state index is 13.3. The zero-order chi connectivity index (χ0) is 14.0. The van der Waals surface area contributed by atoms with E-state index in [9.17, 15) is 9.50 Å². The molecule has 1 spiro atoms. The van der Waals surface area contributed by atoms with E-state index in [-0.39, 0.29) is 11.6 Å². The molecule has 0 atom stereocenters. The minimum Gasteiger partial charge on any atom is -0.508 e. The molecule has 2 nitrogen and oxygen atoms in total. The van der Waals surface area contributed by atoms with Crippen LogP contribution in [-0.2, 0) is 6.54 Å². The third-order valence-electron chi connectivity index (χ3n) is 5.18. The number of phenolic OH excluding ortho intramolecular Hbond substituents is 1. The van der Waals surface area contributed by atoms with E-state index in [1.807, 2.05) is 0 Å². The van der Waals surface area contributed by atoms with Crippen LogP contribution in [0, 0.1) is 11.2 Å². The highest BCUT2D eigenvalue weighted by Gasteiger charge is 2.35. The number of hydrogen-bond donors (Lipinski definition) is 1. The lowest BCUT2D eigenvalue weighted by molar-refractivity contribution is 0.0640. The summed E-state index contributed by atoms with van der Waals surface area (Å²) in [4.78, 5) is 2.40. The molecule has 1 saturated carbocycles. The van der Waals surface area contributed by atoms with Gasteiger partial charge in [0.05, 0.1) is 0 Å². The molecule has 3 heteroatoms. The molecular formula is C17H24FNO. The van der Waals surface area contributed by atoms with Gasteiger partial charge in [-0.1, -0.05) is 19.3 Å². The van der Waals surface area contributed by atoms with Gasteiger partial charge in [0.15, 0.2) is 0 Å². The topological polar surface area (TPSA) is 23.5 Å². The van der Waals surface area contributed by atoms with Crippen molar-refractivity contribution in [3.63, 3.8) is 0 Å². The van der Waals surface area contributed by atoms with Crippen molar-refractivity contribution in [2.24, 2.45) is 5.41 Å². The molecule has 1 aliphatic carbocycles. The van der Waals surface area contributed by atoms with Gasteiger partial charge in [-0.15, -0.1) is 0 Å². The molecular weight excluding hydrogens is 253 g/mol. The predicted molar refractivity (Wildman–Crippen MR) is 78.1 cm³/mol. The monoisotopic (exact) mass is 277 g/mol. The van der Waals surface area contributed by atoms with Crippen LogP contribution in [-0.4, -0.2) is 23.1 Å². The molecule has 1 N–H and O–H groups in total. The highest BCUT2D eigenvalue weighted by Crippen LogP contribution is 2.44. The first-order valence-corrected chi connectivity index (χ1v) is 7.86. The Morgan fingerprint density at radius 2 is 1.70 bits per heavy atom. The Kier molecular flexibility index (Phi) is 3.97. The molecule has 1 saturated heterocycles. The Morgan fingerprint density at radius 3 is 2.35 bits per heavy atom. The summed E-state index contributed by atoms with van der Waals surface area (Å²) in [6.07, 6.45) is 9.59. The van der Waals surface area contributed by atoms with Crippen LogP contribution in [0.15, 0.2) is 18.2 Å². The summed E-state index contributed by atoms with van der Waals surface area (Å²) in [6.45, 7) is 2.97. The van der Waals surface area contributed by atoms with Gasteiger partial charge in [0, 0.05) is 12.6 Å². The molecule has 1 heterocycles. The zero-order valence-corrected chi connectivity index (χ0v) is 12.1. The standard InChI is InChI=1S/C17H24FNO/c18-15-10-14(11-16(20)12-15)13-19-8-6-17(7-9-19)4-2-1-3-5-17/h10-12,20H,1-9,13H2. The number of benzene rings is 1. The highest BCUT2D eigenvalue weighted by atomic mass is 19.1. The van der Waals surface area contributed by atoms with Crippen LogP contribution in [0.4, 0.5) is 4.39 Å². The van der Waals surface area contributed by atoms with Gasteiger partial charge in [-0.3, -0.25) is 4.90 Å². The fourth-order valence-corrected chi connectivity index (χ4v) is 3.97. The third kappa shape index (κ3) is 3.14. The third-order valence-corrected chi connectivity index (χ3v) is 5.18. The number of halogens is 1. The van der Waals surface area contributed by atoms with Gasteiger partial charge in [-0.25, -0.2) is 4.39 Å².